The average Bonchev–Trinajstić information content (AvgIpc) is 2.77. The molecule has 0 bridgehead atoms. The van der Waals surface area contributed by atoms with Gasteiger partial charge < -0.3 is 4.84 Å². The molecule has 1 N–H and O–H groups in total. The number of hydrogen-bond acceptors (Lipinski definition) is 7. The third-order valence-corrected chi connectivity index (χ3v) is 4.47. The highest BCUT2D eigenvalue weighted by molar-refractivity contribution is 9.10. The summed E-state index contributed by atoms with van der Waals surface area (Å²) in [5.74, 6) is -1.27. The van der Waals surface area contributed by atoms with Crippen LogP contribution in [0.2, 0.25) is 0 Å². The lowest BCUT2D eigenvalue weighted by Crippen LogP contribution is -2.11. The molecule has 0 aliphatic heterocycles. The maximum absolute atomic E-state index is 12.1. The van der Waals surface area contributed by atoms with Gasteiger partial charge in [-0.3, -0.25) is 14.9 Å². The molecule has 0 atom stereocenters. The van der Waals surface area contributed by atoms with Crippen molar-refractivity contribution in [1.82, 2.24) is 0 Å². The largest absolute Gasteiger partial charge is 0.363 e. The number of nitro benzene ring substituents is 1. The number of nitro groups is 1. The molecule has 0 heterocycles. The van der Waals surface area contributed by atoms with E-state index in [9.17, 15) is 19.7 Å². The number of rotatable bonds is 6. The zero-order valence-corrected chi connectivity index (χ0v) is 16.8. The molecule has 0 saturated heterocycles. The van der Waals surface area contributed by atoms with Gasteiger partial charge in [-0.2, -0.15) is 0 Å². The number of halogens is 1. The van der Waals surface area contributed by atoms with E-state index >= 15 is 0 Å². The summed E-state index contributed by atoms with van der Waals surface area (Å²) in [6.07, 6.45) is 0. The van der Waals surface area contributed by atoms with Crippen molar-refractivity contribution in [2.75, 3.05) is 5.48 Å². The number of carbonyl (C=O) groups is 2. The minimum Gasteiger partial charge on any atom is -0.338 e. The Morgan fingerprint density at radius 3 is 2.43 bits per heavy atom. The maximum atomic E-state index is 12.1. The third-order valence-electron chi connectivity index (χ3n) is 3.78. The van der Waals surface area contributed by atoms with E-state index in [1.807, 2.05) is 0 Å². The van der Waals surface area contributed by atoms with E-state index in [-0.39, 0.29) is 11.3 Å². The summed E-state index contributed by atoms with van der Waals surface area (Å²) in [7, 11) is 0. The summed E-state index contributed by atoms with van der Waals surface area (Å²) in [6.45, 7) is 0. The smallest absolute Gasteiger partial charge is 0.338 e. The van der Waals surface area contributed by atoms with Crippen molar-refractivity contribution in [1.29, 1.82) is 0 Å². The van der Waals surface area contributed by atoms with Crippen LogP contribution in [0.4, 0.5) is 17.1 Å². The molecule has 30 heavy (non-hydrogen) atoms. The Morgan fingerprint density at radius 2 is 1.73 bits per heavy atom. The van der Waals surface area contributed by atoms with Crippen LogP contribution in [0, 0.1) is 10.1 Å². The quantitative estimate of drug-likeness (QED) is 0.290. The first-order valence-electron chi connectivity index (χ1n) is 8.46. The minimum absolute atomic E-state index is 0.0604. The molecule has 10 heteroatoms. The molecule has 3 aromatic rings. The Hall–Kier alpha value is -3.92. The molecule has 0 aliphatic rings. The Bertz CT molecular complexity index is 1130. The lowest BCUT2D eigenvalue weighted by molar-refractivity contribution is -0.384. The number of hydrogen-bond donors (Lipinski definition) is 1. The van der Waals surface area contributed by atoms with E-state index in [0.29, 0.717) is 21.4 Å². The molecule has 0 aromatic heterocycles. The van der Waals surface area contributed by atoms with Gasteiger partial charge in [-0.25, -0.2) is 10.3 Å². The van der Waals surface area contributed by atoms with Crippen molar-refractivity contribution >= 4 is 44.9 Å². The highest BCUT2D eigenvalue weighted by Gasteiger charge is 2.12. The second-order valence-corrected chi connectivity index (χ2v) is 6.69. The number of nitrogens with zero attached hydrogens (tertiary/aromatic N) is 3. The van der Waals surface area contributed by atoms with Crippen molar-refractivity contribution in [3.05, 3.63) is 98.5 Å². The standard InChI is InChI=1S/C20H13BrN4O5/c21-18-7-2-1-6-17(18)20(27)30-24-15-10-8-14(9-11-15)22-23-19(26)13-4-3-5-16(12-13)25(28)29/h1-12,24H. The van der Waals surface area contributed by atoms with Crippen molar-refractivity contribution in [2.45, 2.75) is 0 Å². The average molecular weight is 469 g/mol. The zero-order chi connectivity index (χ0) is 21.5. The van der Waals surface area contributed by atoms with Crippen LogP contribution in [0.15, 0.2) is 87.5 Å². The van der Waals surface area contributed by atoms with Crippen LogP contribution in [0.1, 0.15) is 20.7 Å². The van der Waals surface area contributed by atoms with Gasteiger partial charge >= 0.3 is 5.97 Å². The maximum Gasteiger partial charge on any atom is 0.363 e. The first-order chi connectivity index (χ1) is 14.4. The molecule has 9 nitrogen and oxygen atoms in total. The molecule has 0 radical (unpaired) electrons. The number of benzene rings is 3. The number of amides is 1. The molecule has 1 amide bonds. The van der Waals surface area contributed by atoms with Gasteiger partial charge in [-0.05, 0) is 58.4 Å². The number of azo groups is 1. The Labute approximate surface area is 178 Å². The van der Waals surface area contributed by atoms with Crippen molar-refractivity contribution < 1.29 is 19.3 Å². The second-order valence-electron chi connectivity index (χ2n) is 5.83. The van der Waals surface area contributed by atoms with Gasteiger partial charge in [-0.1, -0.05) is 18.2 Å². The summed E-state index contributed by atoms with van der Waals surface area (Å²) in [4.78, 5) is 39.3. The van der Waals surface area contributed by atoms with E-state index in [1.165, 1.54) is 18.2 Å². The Morgan fingerprint density at radius 1 is 1.00 bits per heavy atom. The molecular formula is C20H13BrN4O5. The van der Waals surface area contributed by atoms with E-state index in [0.717, 1.165) is 6.07 Å². The van der Waals surface area contributed by atoms with Crippen LogP contribution < -0.4 is 5.48 Å². The predicted octanol–water partition coefficient (Wildman–Crippen LogP) is 5.47. The summed E-state index contributed by atoms with van der Waals surface area (Å²) in [6, 6.07) is 18.4. The molecule has 3 rings (SSSR count). The van der Waals surface area contributed by atoms with Crippen LogP contribution in [-0.2, 0) is 4.84 Å². The van der Waals surface area contributed by atoms with E-state index in [4.69, 9.17) is 4.84 Å². The summed E-state index contributed by atoms with van der Waals surface area (Å²) in [5.41, 5.74) is 3.61. The van der Waals surface area contributed by atoms with Crippen LogP contribution in [0.5, 0.6) is 0 Å². The molecule has 0 fully saturated rings. The van der Waals surface area contributed by atoms with Gasteiger partial charge in [0, 0.05) is 16.6 Å². The number of non-ortho nitro benzene ring substituents is 1. The Kier molecular flexibility index (Phi) is 6.60. The van der Waals surface area contributed by atoms with Crippen LogP contribution in [0.25, 0.3) is 0 Å². The van der Waals surface area contributed by atoms with Gasteiger partial charge in [-0.15, -0.1) is 10.2 Å². The highest BCUT2D eigenvalue weighted by atomic mass is 79.9. The molecule has 0 saturated carbocycles. The van der Waals surface area contributed by atoms with Gasteiger partial charge in [0.1, 0.15) is 0 Å². The predicted molar refractivity (Wildman–Crippen MR) is 112 cm³/mol. The zero-order valence-electron chi connectivity index (χ0n) is 15.2. The monoisotopic (exact) mass is 468 g/mol. The summed E-state index contributed by atoms with van der Waals surface area (Å²) < 4.78 is 0.612. The van der Waals surface area contributed by atoms with Crippen LogP contribution in [-0.4, -0.2) is 16.8 Å². The third kappa shape index (κ3) is 5.32. The first kappa shape index (κ1) is 20.8. The molecule has 0 spiro atoms. The summed E-state index contributed by atoms with van der Waals surface area (Å²) >= 11 is 3.28. The second kappa shape index (κ2) is 9.52. The lowest BCUT2D eigenvalue weighted by atomic mass is 10.2. The molecular weight excluding hydrogens is 456 g/mol. The highest BCUT2D eigenvalue weighted by Crippen LogP contribution is 2.20. The van der Waals surface area contributed by atoms with E-state index in [1.54, 1.807) is 48.5 Å². The molecule has 0 aliphatic carbocycles. The number of carbonyl (C=O) groups excluding carboxylic acids is 2. The topological polar surface area (TPSA) is 123 Å². The fourth-order valence-corrected chi connectivity index (χ4v) is 2.74. The Balaban J connectivity index is 1.59. The fourth-order valence-electron chi connectivity index (χ4n) is 2.30. The normalized spacial score (nSPS) is 10.6. The molecule has 3 aromatic carbocycles. The number of nitrogens with one attached hydrogen (secondary N) is 1. The number of anilines is 1. The summed E-state index contributed by atoms with van der Waals surface area (Å²) in [5, 5.41) is 18.2. The van der Waals surface area contributed by atoms with Crippen LogP contribution in [0.3, 0.4) is 0 Å². The van der Waals surface area contributed by atoms with Crippen molar-refractivity contribution in [3.8, 4) is 0 Å². The first-order valence-corrected chi connectivity index (χ1v) is 9.25. The van der Waals surface area contributed by atoms with Gasteiger partial charge in [0.05, 0.1) is 27.4 Å². The van der Waals surface area contributed by atoms with Crippen LogP contribution >= 0.6 is 15.9 Å². The van der Waals surface area contributed by atoms with E-state index in [2.05, 4.69) is 31.6 Å². The van der Waals surface area contributed by atoms with Gasteiger partial charge in [0.25, 0.3) is 11.6 Å². The van der Waals surface area contributed by atoms with Gasteiger partial charge in [0.15, 0.2) is 0 Å². The van der Waals surface area contributed by atoms with Gasteiger partial charge in [0.2, 0.25) is 0 Å². The van der Waals surface area contributed by atoms with Crippen molar-refractivity contribution in [2.24, 2.45) is 10.2 Å². The fraction of sp³-hybridized carbons (Fsp3) is 0. The SMILES string of the molecule is O=C(N=Nc1ccc(NOC(=O)c2ccccc2Br)cc1)c1cccc([N+](=O)[O-])c1. The molecule has 0 unspecified atom stereocenters. The molecule has 150 valence electrons. The van der Waals surface area contributed by atoms with Crippen molar-refractivity contribution in [3.63, 3.8) is 0 Å². The van der Waals surface area contributed by atoms with E-state index < -0.39 is 16.8 Å². The minimum atomic E-state index is -0.705. The lowest BCUT2D eigenvalue weighted by Gasteiger charge is -2.07.